The third-order valence-electron chi connectivity index (χ3n) is 4.16. The van der Waals surface area contributed by atoms with Gasteiger partial charge in [0.05, 0.1) is 6.10 Å². The molecule has 0 aromatic heterocycles. The molecule has 3 heteroatoms. The molecule has 0 bridgehead atoms. The highest BCUT2D eigenvalue weighted by Gasteiger charge is 2.33. The Balaban J connectivity index is 2.57. The van der Waals surface area contributed by atoms with E-state index in [1.807, 2.05) is 0 Å². The highest BCUT2D eigenvalue weighted by Crippen LogP contribution is 2.33. The standard InChI is InChI=1S/C18H32O3/c1-5-7-15(3)12-17-16(13-18(20-4)21-17)10-9-14(2)8-6-11-19/h8,12,16-19H,5-7,9-11,13H2,1-4H3/b14-8+,15-12+/t16-,17+,18?/m0/s1. The molecule has 1 aliphatic rings. The Morgan fingerprint density at radius 2 is 2.05 bits per heavy atom. The van der Waals surface area contributed by atoms with Gasteiger partial charge in [0.2, 0.25) is 0 Å². The van der Waals surface area contributed by atoms with Crippen molar-refractivity contribution in [3.8, 4) is 0 Å². The Bertz CT molecular complexity index is 346. The molecule has 0 aromatic carbocycles. The second-order valence-electron chi connectivity index (χ2n) is 6.13. The van der Waals surface area contributed by atoms with Crippen molar-refractivity contribution in [2.75, 3.05) is 13.7 Å². The Morgan fingerprint density at radius 3 is 2.67 bits per heavy atom. The van der Waals surface area contributed by atoms with Crippen molar-refractivity contribution in [3.05, 3.63) is 23.3 Å². The Labute approximate surface area is 130 Å². The maximum Gasteiger partial charge on any atom is 0.158 e. The van der Waals surface area contributed by atoms with Crippen LogP contribution in [0, 0.1) is 5.92 Å². The second-order valence-corrected chi connectivity index (χ2v) is 6.13. The largest absolute Gasteiger partial charge is 0.396 e. The fourth-order valence-corrected chi connectivity index (χ4v) is 2.92. The predicted octanol–water partition coefficient (Wildman–Crippen LogP) is 4.22. The van der Waals surface area contributed by atoms with Crippen LogP contribution in [-0.4, -0.2) is 31.2 Å². The number of aliphatic hydroxyl groups is 1. The lowest BCUT2D eigenvalue weighted by Crippen LogP contribution is -2.14. The van der Waals surface area contributed by atoms with E-state index in [-0.39, 0.29) is 19.0 Å². The molecule has 0 spiro atoms. The summed E-state index contributed by atoms with van der Waals surface area (Å²) >= 11 is 0. The van der Waals surface area contributed by atoms with Gasteiger partial charge in [-0.3, -0.25) is 0 Å². The van der Waals surface area contributed by atoms with Gasteiger partial charge in [0.25, 0.3) is 0 Å². The molecule has 1 fully saturated rings. The smallest absolute Gasteiger partial charge is 0.158 e. The van der Waals surface area contributed by atoms with Gasteiger partial charge >= 0.3 is 0 Å². The van der Waals surface area contributed by atoms with Gasteiger partial charge in [-0.25, -0.2) is 0 Å². The summed E-state index contributed by atoms with van der Waals surface area (Å²) in [6.45, 7) is 6.78. The first-order valence-corrected chi connectivity index (χ1v) is 8.22. The Hall–Kier alpha value is -0.640. The van der Waals surface area contributed by atoms with Crippen LogP contribution in [-0.2, 0) is 9.47 Å². The van der Waals surface area contributed by atoms with Gasteiger partial charge in [-0.15, -0.1) is 0 Å². The molecule has 0 aliphatic carbocycles. The molecular weight excluding hydrogens is 264 g/mol. The van der Waals surface area contributed by atoms with Crippen LogP contribution >= 0.6 is 0 Å². The van der Waals surface area contributed by atoms with E-state index < -0.39 is 0 Å². The van der Waals surface area contributed by atoms with E-state index in [1.54, 1.807) is 7.11 Å². The molecule has 0 radical (unpaired) electrons. The predicted molar refractivity (Wildman–Crippen MR) is 87.1 cm³/mol. The molecule has 0 amide bonds. The maximum atomic E-state index is 8.86. The molecule has 1 rings (SSSR count). The molecule has 0 saturated carbocycles. The number of hydrogen-bond acceptors (Lipinski definition) is 3. The molecule has 122 valence electrons. The fraction of sp³-hybridized carbons (Fsp3) is 0.778. The third-order valence-corrected chi connectivity index (χ3v) is 4.16. The molecular formula is C18H32O3. The van der Waals surface area contributed by atoms with Crippen LogP contribution in [0.2, 0.25) is 0 Å². The Kier molecular flexibility index (Phi) is 8.90. The SMILES string of the molecule is CCC/C(C)=C/[C@H]1OC(OC)C[C@@H]1CC/C(C)=C/CCO. The molecule has 1 heterocycles. The highest BCUT2D eigenvalue weighted by atomic mass is 16.7. The van der Waals surface area contributed by atoms with Crippen LogP contribution in [0.25, 0.3) is 0 Å². The van der Waals surface area contributed by atoms with Crippen molar-refractivity contribution in [1.82, 2.24) is 0 Å². The normalized spacial score (nSPS) is 27.4. The first-order chi connectivity index (χ1) is 10.1. The van der Waals surface area contributed by atoms with Crippen molar-refractivity contribution >= 4 is 0 Å². The van der Waals surface area contributed by atoms with Crippen molar-refractivity contribution in [2.24, 2.45) is 5.92 Å². The molecule has 1 aliphatic heterocycles. The molecule has 0 aromatic rings. The molecule has 3 nitrogen and oxygen atoms in total. The lowest BCUT2D eigenvalue weighted by atomic mass is 9.92. The minimum Gasteiger partial charge on any atom is -0.396 e. The van der Waals surface area contributed by atoms with Gasteiger partial charge in [-0.2, -0.15) is 0 Å². The first-order valence-electron chi connectivity index (χ1n) is 8.22. The number of aliphatic hydroxyl groups excluding tert-OH is 1. The lowest BCUT2D eigenvalue weighted by Gasteiger charge is -2.16. The summed E-state index contributed by atoms with van der Waals surface area (Å²) < 4.78 is 11.4. The van der Waals surface area contributed by atoms with Gasteiger partial charge in [-0.1, -0.05) is 36.6 Å². The van der Waals surface area contributed by atoms with Crippen LogP contribution in [0.15, 0.2) is 23.3 Å². The molecule has 3 atom stereocenters. The first kappa shape index (κ1) is 18.4. The number of rotatable bonds is 9. The zero-order chi connectivity index (χ0) is 15.7. The second kappa shape index (κ2) is 10.1. The van der Waals surface area contributed by atoms with E-state index >= 15 is 0 Å². The quantitative estimate of drug-likeness (QED) is 0.647. The van der Waals surface area contributed by atoms with Crippen LogP contribution < -0.4 is 0 Å². The van der Waals surface area contributed by atoms with Crippen LogP contribution in [0.1, 0.15) is 59.3 Å². The van der Waals surface area contributed by atoms with Crippen LogP contribution in [0.4, 0.5) is 0 Å². The zero-order valence-corrected chi connectivity index (χ0v) is 14.1. The number of allylic oxidation sites excluding steroid dienone is 2. The molecule has 21 heavy (non-hydrogen) atoms. The molecule has 1 unspecified atom stereocenters. The summed E-state index contributed by atoms with van der Waals surface area (Å²) in [5.41, 5.74) is 2.77. The van der Waals surface area contributed by atoms with Gasteiger partial charge in [0.1, 0.15) is 0 Å². The molecule has 1 saturated heterocycles. The van der Waals surface area contributed by atoms with E-state index in [2.05, 4.69) is 32.9 Å². The zero-order valence-electron chi connectivity index (χ0n) is 14.1. The van der Waals surface area contributed by atoms with Crippen molar-refractivity contribution in [3.63, 3.8) is 0 Å². The van der Waals surface area contributed by atoms with E-state index in [1.165, 1.54) is 17.6 Å². The van der Waals surface area contributed by atoms with E-state index in [4.69, 9.17) is 14.6 Å². The number of ether oxygens (including phenoxy) is 2. The topological polar surface area (TPSA) is 38.7 Å². The summed E-state index contributed by atoms with van der Waals surface area (Å²) in [4.78, 5) is 0. The highest BCUT2D eigenvalue weighted by molar-refractivity contribution is 5.06. The van der Waals surface area contributed by atoms with E-state index in [0.29, 0.717) is 5.92 Å². The fourth-order valence-electron chi connectivity index (χ4n) is 2.92. The average Bonchev–Trinajstić information content (AvgIpc) is 2.85. The third kappa shape index (κ3) is 6.77. The van der Waals surface area contributed by atoms with Gasteiger partial charge in [0, 0.05) is 20.1 Å². The van der Waals surface area contributed by atoms with E-state index in [0.717, 1.165) is 32.1 Å². The average molecular weight is 296 g/mol. The minimum absolute atomic E-state index is 0.0626. The summed E-state index contributed by atoms with van der Waals surface area (Å²) in [7, 11) is 1.72. The summed E-state index contributed by atoms with van der Waals surface area (Å²) in [6, 6.07) is 0. The summed E-state index contributed by atoms with van der Waals surface area (Å²) in [5.74, 6) is 0.527. The maximum absolute atomic E-state index is 8.86. The van der Waals surface area contributed by atoms with Crippen molar-refractivity contribution < 1.29 is 14.6 Å². The summed E-state index contributed by atoms with van der Waals surface area (Å²) in [6.07, 6.45) is 10.8. The minimum atomic E-state index is -0.0626. The summed E-state index contributed by atoms with van der Waals surface area (Å²) in [5, 5.41) is 8.86. The number of methoxy groups -OCH3 is 1. The van der Waals surface area contributed by atoms with Crippen LogP contribution in [0.5, 0.6) is 0 Å². The molecule has 1 N–H and O–H groups in total. The number of hydrogen-bond donors (Lipinski definition) is 1. The van der Waals surface area contributed by atoms with Gasteiger partial charge < -0.3 is 14.6 Å². The van der Waals surface area contributed by atoms with Crippen molar-refractivity contribution in [2.45, 2.75) is 71.7 Å². The van der Waals surface area contributed by atoms with E-state index in [9.17, 15) is 0 Å². The van der Waals surface area contributed by atoms with Gasteiger partial charge in [0.15, 0.2) is 6.29 Å². The lowest BCUT2D eigenvalue weighted by molar-refractivity contribution is -0.105. The monoisotopic (exact) mass is 296 g/mol. The van der Waals surface area contributed by atoms with Crippen molar-refractivity contribution in [1.29, 1.82) is 0 Å². The van der Waals surface area contributed by atoms with Crippen LogP contribution in [0.3, 0.4) is 0 Å². The van der Waals surface area contributed by atoms with Gasteiger partial charge in [-0.05, 0) is 45.4 Å². The Morgan fingerprint density at radius 1 is 1.29 bits per heavy atom.